The van der Waals surface area contributed by atoms with Crippen LogP contribution in [0.3, 0.4) is 0 Å². The molecule has 0 bridgehead atoms. The lowest BCUT2D eigenvalue weighted by molar-refractivity contribution is -0.115. The van der Waals surface area contributed by atoms with Crippen molar-refractivity contribution in [3.63, 3.8) is 0 Å². The molecule has 0 radical (unpaired) electrons. The molecular weight excluding hydrogens is 468 g/mol. The third kappa shape index (κ3) is 4.72. The number of thioether (sulfide) groups is 1. The van der Waals surface area contributed by atoms with E-state index in [0.717, 1.165) is 43.4 Å². The zero-order valence-electron chi connectivity index (χ0n) is 18.6. The molecule has 1 amide bonds. The van der Waals surface area contributed by atoms with Gasteiger partial charge in [-0.05, 0) is 54.8 Å². The normalized spacial score (nSPS) is 14.8. The highest BCUT2D eigenvalue weighted by Crippen LogP contribution is 2.28. The van der Waals surface area contributed by atoms with Crippen LogP contribution in [0.1, 0.15) is 6.92 Å². The van der Waals surface area contributed by atoms with Crippen LogP contribution in [0.25, 0.3) is 15.9 Å². The maximum absolute atomic E-state index is 13.2. The Kier molecular flexibility index (Phi) is 6.66. The fraction of sp³-hybridized carbons (Fsp3) is 0.240. The van der Waals surface area contributed by atoms with Crippen molar-refractivity contribution in [3.8, 4) is 5.69 Å². The lowest BCUT2D eigenvalue weighted by Gasteiger charge is -2.28. The van der Waals surface area contributed by atoms with E-state index in [1.165, 1.54) is 23.1 Å². The van der Waals surface area contributed by atoms with Crippen LogP contribution in [-0.4, -0.2) is 47.0 Å². The largest absolute Gasteiger partial charge is 0.378 e. The van der Waals surface area contributed by atoms with E-state index in [1.54, 1.807) is 10.6 Å². The number of hydrogen-bond donors (Lipinski definition) is 1. The Balaban J connectivity index is 1.35. The maximum Gasteiger partial charge on any atom is 0.267 e. The number of para-hydroxylation sites is 1. The number of carbonyl (C=O) groups excluding carboxylic acids is 1. The topological polar surface area (TPSA) is 76.5 Å². The standard InChI is InChI=1S/C25H24N4O3S2/c1-17(22(30)26-18-7-9-19(10-8-18)28-12-14-32-15-13-28)34-25-27-23-21(11-16-33-23)24(31)29(25)20-5-3-2-4-6-20/h2-11,16-17H,12-15H2,1H3,(H,26,30)/t17-/m1/s1. The molecule has 1 saturated heterocycles. The molecule has 174 valence electrons. The summed E-state index contributed by atoms with van der Waals surface area (Å²) in [6, 6.07) is 19.0. The van der Waals surface area contributed by atoms with Crippen molar-refractivity contribution in [2.75, 3.05) is 36.5 Å². The Morgan fingerprint density at radius 1 is 1.06 bits per heavy atom. The summed E-state index contributed by atoms with van der Waals surface area (Å²) in [6.45, 7) is 5.01. The molecule has 5 rings (SSSR count). The summed E-state index contributed by atoms with van der Waals surface area (Å²) in [7, 11) is 0. The zero-order chi connectivity index (χ0) is 23.5. The molecule has 0 spiro atoms. The fourth-order valence-electron chi connectivity index (χ4n) is 3.81. The second kappa shape index (κ2) is 10.0. The Morgan fingerprint density at radius 3 is 2.53 bits per heavy atom. The number of nitrogens with zero attached hydrogens (tertiary/aromatic N) is 3. The van der Waals surface area contributed by atoms with E-state index in [2.05, 4.69) is 10.2 Å². The first-order valence-corrected chi connectivity index (χ1v) is 12.8. The number of amides is 1. The van der Waals surface area contributed by atoms with Crippen LogP contribution in [0.5, 0.6) is 0 Å². The number of rotatable bonds is 6. The maximum atomic E-state index is 13.2. The minimum absolute atomic E-state index is 0.133. The van der Waals surface area contributed by atoms with Gasteiger partial charge < -0.3 is 15.0 Å². The average Bonchev–Trinajstić information content (AvgIpc) is 3.35. The number of ether oxygens (including phenoxy) is 1. The van der Waals surface area contributed by atoms with Gasteiger partial charge in [-0.3, -0.25) is 14.2 Å². The Hall–Kier alpha value is -3.14. The van der Waals surface area contributed by atoms with Crippen molar-refractivity contribution >= 4 is 50.6 Å². The van der Waals surface area contributed by atoms with Crippen LogP contribution >= 0.6 is 23.1 Å². The van der Waals surface area contributed by atoms with Crippen molar-refractivity contribution < 1.29 is 9.53 Å². The molecule has 9 heteroatoms. The average molecular weight is 493 g/mol. The molecule has 1 fully saturated rings. The van der Waals surface area contributed by atoms with Crippen molar-refractivity contribution in [1.29, 1.82) is 0 Å². The van der Waals surface area contributed by atoms with Gasteiger partial charge in [0, 0.05) is 24.5 Å². The second-order valence-corrected chi connectivity index (χ2v) is 10.1. The van der Waals surface area contributed by atoms with E-state index >= 15 is 0 Å². The predicted octanol–water partition coefficient (Wildman–Crippen LogP) is 4.40. The first-order chi connectivity index (χ1) is 16.6. The first kappa shape index (κ1) is 22.6. The molecule has 1 atom stereocenters. The number of benzene rings is 2. The van der Waals surface area contributed by atoms with Gasteiger partial charge in [-0.25, -0.2) is 4.98 Å². The van der Waals surface area contributed by atoms with Gasteiger partial charge in [-0.2, -0.15) is 0 Å². The molecule has 1 aliphatic heterocycles. The van der Waals surface area contributed by atoms with Crippen molar-refractivity contribution in [1.82, 2.24) is 9.55 Å². The monoisotopic (exact) mass is 492 g/mol. The summed E-state index contributed by atoms with van der Waals surface area (Å²) in [5.41, 5.74) is 2.44. The second-order valence-electron chi connectivity index (χ2n) is 7.91. The number of nitrogens with one attached hydrogen (secondary N) is 1. The summed E-state index contributed by atoms with van der Waals surface area (Å²) in [6.07, 6.45) is 0. The fourth-order valence-corrected chi connectivity index (χ4v) is 5.54. The Bertz CT molecular complexity index is 1350. The Labute approximate surface area is 205 Å². The van der Waals surface area contributed by atoms with Gasteiger partial charge >= 0.3 is 0 Å². The number of aromatic nitrogens is 2. The molecule has 3 heterocycles. The molecule has 1 N–H and O–H groups in total. The molecule has 2 aromatic heterocycles. The predicted molar refractivity (Wildman–Crippen MR) is 139 cm³/mol. The third-order valence-corrected chi connectivity index (χ3v) is 7.50. The number of morpholine rings is 1. The summed E-state index contributed by atoms with van der Waals surface area (Å²) < 4.78 is 6.99. The molecule has 0 saturated carbocycles. The van der Waals surface area contributed by atoms with E-state index < -0.39 is 5.25 Å². The summed E-state index contributed by atoms with van der Waals surface area (Å²) in [5, 5.41) is 5.46. The lowest BCUT2D eigenvalue weighted by atomic mass is 10.2. The van der Waals surface area contributed by atoms with E-state index in [-0.39, 0.29) is 11.5 Å². The van der Waals surface area contributed by atoms with E-state index in [0.29, 0.717) is 15.4 Å². The van der Waals surface area contributed by atoms with Crippen LogP contribution in [0.15, 0.2) is 76.0 Å². The van der Waals surface area contributed by atoms with Gasteiger partial charge in [0.15, 0.2) is 5.16 Å². The number of anilines is 2. The SMILES string of the molecule is C[C@@H](Sc1nc2sccc2c(=O)n1-c1ccccc1)C(=O)Nc1ccc(N2CCOCC2)cc1. The Morgan fingerprint density at radius 2 is 1.79 bits per heavy atom. The summed E-state index contributed by atoms with van der Waals surface area (Å²) in [5.74, 6) is -0.149. The minimum atomic E-state index is -0.460. The molecule has 2 aromatic carbocycles. The highest BCUT2D eigenvalue weighted by Gasteiger charge is 2.21. The molecule has 7 nitrogen and oxygen atoms in total. The highest BCUT2D eigenvalue weighted by molar-refractivity contribution is 8.00. The van der Waals surface area contributed by atoms with E-state index in [1.807, 2.05) is 66.9 Å². The molecule has 34 heavy (non-hydrogen) atoms. The smallest absolute Gasteiger partial charge is 0.267 e. The molecule has 0 aliphatic carbocycles. The molecule has 0 unspecified atom stereocenters. The van der Waals surface area contributed by atoms with Gasteiger partial charge in [0.25, 0.3) is 5.56 Å². The molecular formula is C25H24N4O3S2. The van der Waals surface area contributed by atoms with Gasteiger partial charge in [-0.1, -0.05) is 30.0 Å². The van der Waals surface area contributed by atoms with E-state index in [4.69, 9.17) is 9.72 Å². The van der Waals surface area contributed by atoms with Crippen LogP contribution in [0.2, 0.25) is 0 Å². The van der Waals surface area contributed by atoms with Crippen LogP contribution in [-0.2, 0) is 9.53 Å². The molecule has 1 aliphatic rings. The zero-order valence-corrected chi connectivity index (χ0v) is 20.3. The molecule has 4 aromatic rings. The number of hydrogen-bond acceptors (Lipinski definition) is 7. The van der Waals surface area contributed by atoms with Gasteiger partial charge in [0.2, 0.25) is 5.91 Å². The first-order valence-electron chi connectivity index (χ1n) is 11.1. The number of carbonyl (C=O) groups is 1. The van der Waals surface area contributed by atoms with E-state index in [9.17, 15) is 9.59 Å². The van der Waals surface area contributed by atoms with Crippen LogP contribution < -0.4 is 15.8 Å². The lowest BCUT2D eigenvalue weighted by Crippen LogP contribution is -2.36. The van der Waals surface area contributed by atoms with Gasteiger partial charge in [-0.15, -0.1) is 11.3 Å². The van der Waals surface area contributed by atoms with Crippen molar-refractivity contribution in [3.05, 3.63) is 76.4 Å². The number of fused-ring (bicyclic) bond motifs is 1. The van der Waals surface area contributed by atoms with Crippen LogP contribution in [0.4, 0.5) is 11.4 Å². The highest BCUT2D eigenvalue weighted by atomic mass is 32.2. The van der Waals surface area contributed by atoms with Gasteiger partial charge in [0.05, 0.1) is 29.5 Å². The van der Waals surface area contributed by atoms with Gasteiger partial charge in [0.1, 0.15) is 4.83 Å². The quantitative estimate of drug-likeness (QED) is 0.318. The third-order valence-electron chi connectivity index (χ3n) is 5.64. The van der Waals surface area contributed by atoms with Crippen molar-refractivity contribution in [2.45, 2.75) is 17.3 Å². The van der Waals surface area contributed by atoms with Crippen molar-refractivity contribution in [2.24, 2.45) is 0 Å². The summed E-state index contributed by atoms with van der Waals surface area (Å²) >= 11 is 2.70. The minimum Gasteiger partial charge on any atom is -0.378 e. The summed E-state index contributed by atoms with van der Waals surface area (Å²) in [4.78, 5) is 33.9. The van der Waals surface area contributed by atoms with Crippen LogP contribution in [0, 0.1) is 0 Å². The number of thiophene rings is 1.